The highest BCUT2D eigenvalue weighted by Crippen LogP contribution is 2.25. The van der Waals surface area contributed by atoms with Crippen molar-refractivity contribution < 1.29 is 4.79 Å². The lowest BCUT2D eigenvalue weighted by Crippen LogP contribution is -2.34. The lowest BCUT2D eigenvalue weighted by Gasteiger charge is -2.27. The molecule has 21 heavy (non-hydrogen) atoms. The predicted molar refractivity (Wildman–Crippen MR) is 88.1 cm³/mol. The first kappa shape index (κ1) is 14.0. The minimum atomic E-state index is -0.000275. The van der Waals surface area contributed by atoms with Gasteiger partial charge in [0.05, 0.1) is 11.4 Å². The number of carbonyl (C=O) groups excluding carboxylic acids is 1. The third-order valence-electron chi connectivity index (χ3n) is 3.53. The van der Waals surface area contributed by atoms with Crippen molar-refractivity contribution in [1.29, 1.82) is 0 Å². The molecule has 0 aliphatic carbocycles. The van der Waals surface area contributed by atoms with Crippen LogP contribution >= 0.6 is 15.9 Å². The highest BCUT2D eigenvalue weighted by molar-refractivity contribution is 9.10. The zero-order chi connectivity index (χ0) is 14.7. The number of benzene rings is 1. The molecule has 106 valence electrons. The Bertz CT molecular complexity index is 697. The van der Waals surface area contributed by atoms with Crippen LogP contribution in [0.2, 0.25) is 0 Å². The van der Waals surface area contributed by atoms with Gasteiger partial charge in [-0.15, -0.1) is 0 Å². The molecule has 1 aromatic heterocycles. The summed E-state index contributed by atoms with van der Waals surface area (Å²) in [6, 6.07) is 11.7. The van der Waals surface area contributed by atoms with Crippen LogP contribution in [0.5, 0.6) is 0 Å². The first-order valence-corrected chi connectivity index (χ1v) is 7.73. The van der Waals surface area contributed by atoms with Crippen molar-refractivity contribution in [2.75, 3.05) is 11.4 Å². The number of rotatable bonds is 2. The van der Waals surface area contributed by atoms with Crippen LogP contribution in [0.25, 0.3) is 6.08 Å². The van der Waals surface area contributed by atoms with Gasteiger partial charge in [0.1, 0.15) is 0 Å². The number of halogens is 1. The summed E-state index contributed by atoms with van der Waals surface area (Å²) in [5, 5.41) is 0. The highest BCUT2D eigenvalue weighted by Gasteiger charge is 2.21. The number of anilines is 1. The van der Waals surface area contributed by atoms with Crippen molar-refractivity contribution in [1.82, 2.24) is 4.98 Å². The summed E-state index contributed by atoms with van der Waals surface area (Å²) in [4.78, 5) is 18.6. The van der Waals surface area contributed by atoms with E-state index in [9.17, 15) is 4.79 Å². The van der Waals surface area contributed by atoms with Crippen molar-refractivity contribution in [3.05, 3.63) is 64.4 Å². The van der Waals surface area contributed by atoms with Crippen molar-refractivity contribution in [3.63, 3.8) is 0 Å². The Hall–Kier alpha value is -1.94. The molecule has 1 aliphatic rings. The molecule has 0 bridgehead atoms. The number of fused-ring (bicyclic) bond motifs is 1. The van der Waals surface area contributed by atoms with E-state index in [-0.39, 0.29) is 5.91 Å². The molecule has 1 aliphatic heterocycles. The Kier molecular flexibility index (Phi) is 4.15. The minimum Gasteiger partial charge on any atom is -0.307 e. The zero-order valence-corrected chi connectivity index (χ0v) is 13.1. The van der Waals surface area contributed by atoms with E-state index < -0.39 is 0 Å². The molecule has 2 aromatic rings. The van der Waals surface area contributed by atoms with Crippen molar-refractivity contribution in [2.24, 2.45) is 0 Å². The Morgan fingerprint density at radius 2 is 2.10 bits per heavy atom. The molecule has 0 radical (unpaired) electrons. The second-order valence-corrected chi connectivity index (χ2v) is 5.77. The molecular weight excluding hydrogens is 328 g/mol. The summed E-state index contributed by atoms with van der Waals surface area (Å²) in [6.45, 7) is 0.748. The summed E-state index contributed by atoms with van der Waals surface area (Å²) in [7, 11) is 0. The van der Waals surface area contributed by atoms with Gasteiger partial charge >= 0.3 is 0 Å². The molecule has 0 saturated carbocycles. The van der Waals surface area contributed by atoms with Gasteiger partial charge in [0.2, 0.25) is 0 Å². The molecule has 0 spiro atoms. The van der Waals surface area contributed by atoms with Crippen LogP contribution in [0.1, 0.15) is 17.7 Å². The van der Waals surface area contributed by atoms with E-state index in [0.29, 0.717) is 0 Å². The fraction of sp³-hybridized carbons (Fsp3) is 0.176. The van der Waals surface area contributed by atoms with Gasteiger partial charge in [-0.25, -0.2) is 0 Å². The van der Waals surface area contributed by atoms with Crippen LogP contribution in [-0.4, -0.2) is 17.4 Å². The van der Waals surface area contributed by atoms with E-state index in [1.54, 1.807) is 17.2 Å². The first-order valence-electron chi connectivity index (χ1n) is 6.94. The maximum atomic E-state index is 12.4. The maximum absolute atomic E-state index is 12.4. The fourth-order valence-corrected chi connectivity index (χ4v) is 2.90. The minimum absolute atomic E-state index is 0.000275. The maximum Gasteiger partial charge on any atom is 0.251 e. The zero-order valence-electron chi connectivity index (χ0n) is 11.5. The lowest BCUT2D eigenvalue weighted by molar-refractivity contribution is -0.114. The molecule has 3 rings (SSSR count). The average Bonchev–Trinajstić information content (AvgIpc) is 2.53. The van der Waals surface area contributed by atoms with Crippen molar-refractivity contribution in [3.8, 4) is 0 Å². The summed E-state index contributed by atoms with van der Waals surface area (Å²) in [5.41, 5.74) is 2.94. The van der Waals surface area contributed by atoms with Crippen molar-refractivity contribution in [2.45, 2.75) is 12.8 Å². The van der Waals surface area contributed by atoms with Gasteiger partial charge in [-0.3, -0.25) is 9.78 Å². The van der Waals surface area contributed by atoms with E-state index in [1.807, 2.05) is 42.5 Å². The van der Waals surface area contributed by atoms with Gasteiger partial charge in [0.15, 0.2) is 0 Å². The number of aromatic nitrogens is 1. The standard InChI is InChI=1S/C17H15BrN2O/c18-14-6-2-1-5-13(14)9-10-17(21)20-12-4-7-15-16(20)8-3-11-19-15/h1-3,5-6,8-11H,4,7,12H2/b10-9+. The lowest BCUT2D eigenvalue weighted by atomic mass is 10.1. The van der Waals surface area contributed by atoms with E-state index in [1.165, 1.54) is 0 Å². The van der Waals surface area contributed by atoms with Gasteiger partial charge in [-0.2, -0.15) is 0 Å². The molecule has 0 atom stereocenters. The number of hydrogen-bond acceptors (Lipinski definition) is 2. The number of hydrogen-bond donors (Lipinski definition) is 0. The van der Waals surface area contributed by atoms with Gasteiger partial charge in [0.25, 0.3) is 5.91 Å². The van der Waals surface area contributed by atoms with Gasteiger partial charge < -0.3 is 4.90 Å². The second-order valence-electron chi connectivity index (χ2n) is 4.92. The predicted octanol–water partition coefficient (Wildman–Crippen LogP) is 3.84. The number of nitrogens with zero attached hydrogens (tertiary/aromatic N) is 2. The van der Waals surface area contributed by atoms with Gasteiger partial charge in [-0.1, -0.05) is 34.1 Å². The van der Waals surface area contributed by atoms with Crippen LogP contribution in [0, 0.1) is 0 Å². The number of amides is 1. The first-order chi connectivity index (χ1) is 10.3. The molecule has 1 aromatic carbocycles. The van der Waals surface area contributed by atoms with Gasteiger partial charge in [0, 0.05) is 23.3 Å². The Labute approximate surface area is 132 Å². The average molecular weight is 343 g/mol. The fourth-order valence-electron chi connectivity index (χ4n) is 2.48. The van der Waals surface area contributed by atoms with Crippen LogP contribution in [0.3, 0.4) is 0 Å². The Morgan fingerprint density at radius 3 is 2.95 bits per heavy atom. The highest BCUT2D eigenvalue weighted by atomic mass is 79.9. The molecule has 2 heterocycles. The van der Waals surface area contributed by atoms with Crippen LogP contribution in [0.4, 0.5) is 5.69 Å². The van der Waals surface area contributed by atoms with Crippen LogP contribution < -0.4 is 4.90 Å². The summed E-state index contributed by atoms with van der Waals surface area (Å²) in [6.07, 6.45) is 7.15. The molecule has 0 saturated heterocycles. The second kappa shape index (κ2) is 6.22. The third-order valence-corrected chi connectivity index (χ3v) is 4.25. The normalized spacial score (nSPS) is 14.2. The molecule has 0 N–H and O–H groups in total. The van der Waals surface area contributed by atoms with Crippen LogP contribution in [-0.2, 0) is 11.2 Å². The quantitative estimate of drug-likeness (QED) is 0.777. The van der Waals surface area contributed by atoms with E-state index in [2.05, 4.69) is 20.9 Å². The number of carbonyl (C=O) groups is 1. The number of aryl methyl sites for hydroxylation is 1. The largest absolute Gasteiger partial charge is 0.307 e. The summed E-state index contributed by atoms with van der Waals surface area (Å²) < 4.78 is 0.981. The summed E-state index contributed by atoms with van der Waals surface area (Å²) >= 11 is 3.48. The molecule has 0 fully saturated rings. The van der Waals surface area contributed by atoms with E-state index in [0.717, 1.165) is 40.8 Å². The smallest absolute Gasteiger partial charge is 0.251 e. The third kappa shape index (κ3) is 3.05. The molecule has 1 amide bonds. The Morgan fingerprint density at radius 1 is 1.24 bits per heavy atom. The van der Waals surface area contributed by atoms with E-state index in [4.69, 9.17) is 0 Å². The monoisotopic (exact) mass is 342 g/mol. The Balaban J connectivity index is 1.82. The molecule has 3 nitrogen and oxygen atoms in total. The molecule has 4 heteroatoms. The van der Waals surface area contributed by atoms with Gasteiger partial charge in [-0.05, 0) is 42.7 Å². The van der Waals surface area contributed by atoms with E-state index >= 15 is 0 Å². The number of pyridine rings is 1. The van der Waals surface area contributed by atoms with Crippen molar-refractivity contribution >= 4 is 33.6 Å². The molecular formula is C17H15BrN2O. The summed E-state index contributed by atoms with van der Waals surface area (Å²) in [5.74, 6) is -0.000275. The topological polar surface area (TPSA) is 33.2 Å². The SMILES string of the molecule is O=C(/C=C/c1ccccc1Br)N1CCCc2ncccc21. The van der Waals surface area contributed by atoms with Crippen LogP contribution in [0.15, 0.2) is 53.1 Å². The molecule has 0 unspecified atom stereocenters.